The summed E-state index contributed by atoms with van der Waals surface area (Å²) >= 11 is 0. The van der Waals surface area contributed by atoms with Crippen LogP contribution in [0.3, 0.4) is 0 Å². The highest BCUT2D eigenvalue weighted by Crippen LogP contribution is 2.40. The average Bonchev–Trinajstić information content (AvgIpc) is 3.53. The quantitative estimate of drug-likeness (QED) is 0.380. The molecule has 6 heteroatoms. The van der Waals surface area contributed by atoms with Crippen molar-refractivity contribution < 1.29 is 14.4 Å². The molecule has 0 saturated carbocycles. The zero-order valence-corrected chi connectivity index (χ0v) is 17.5. The Bertz CT molecular complexity index is 1460. The van der Waals surface area contributed by atoms with Crippen molar-refractivity contribution in [1.29, 1.82) is 0 Å². The van der Waals surface area contributed by atoms with Crippen molar-refractivity contribution in [3.05, 3.63) is 108 Å². The normalized spacial score (nSPS) is 14.2. The van der Waals surface area contributed by atoms with Crippen molar-refractivity contribution >= 4 is 44.8 Å². The minimum absolute atomic E-state index is 0.112. The number of hydrogen-bond donors (Lipinski definition) is 2. The van der Waals surface area contributed by atoms with Gasteiger partial charge in [0.25, 0.3) is 11.8 Å². The van der Waals surface area contributed by atoms with Crippen LogP contribution in [0.5, 0.6) is 0 Å². The summed E-state index contributed by atoms with van der Waals surface area (Å²) in [6.45, 7) is 0.112. The third-order valence-electron chi connectivity index (χ3n) is 5.97. The molecule has 160 valence electrons. The molecule has 3 heterocycles. The number of nitrogens with one attached hydrogen (secondary N) is 2. The minimum Gasteiger partial charge on any atom is -0.361 e. The van der Waals surface area contributed by atoms with Crippen LogP contribution < -0.4 is 0 Å². The monoisotopic (exact) mass is 433 g/mol. The molecule has 0 bridgehead atoms. The number of hydroxylamine groups is 2. The first kappa shape index (κ1) is 19.3. The van der Waals surface area contributed by atoms with Gasteiger partial charge in [-0.25, -0.2) is 0 Å². The Balaban J connectivity index is 1.51. The Hall–Kier alpha value is -4.42. The topological polar surface area (TPSA) is 78.2 Å². The zero-order valence-electron chi connectivity index (χ0n) is 17.5. The fourth-order valence-electron chi connectivity index (χ4n) is 4.40. The Labute approximate surface area is 189 Å². The smallest absolute Gasteiger partial charge is 0.286 e. The molecule has 0 aliphatic carbocycles. The van der Waals surface area contributed by atoms with Gasteiger partial charge in [0.15, 0.2) is 0 Å². The van der Waals surface area contributed by atoms with E-state index in [1.54, 1.807) is 12.4 Å². The van der Waals surface area contributed by atoms with Crippen LogP contribution in [0.1, 0.15) is 16.7 Å². The molecule has 1 aliphatic heterocycles. The first-order chi connectivity index (χ1) is 16.2. The molecule has 33 heavy (non-hydrogen) atoms. The number of nitrogens with zero attached hydrogens (tertiary/aromatic N) is 1. The third-order valence-corrected chi connectivity index (χ3v) is 5.97. The number of para-hydroxylation sites is 2. The lowest BCUT2D eigenvalue weighted by Gasteiger charge is -2.14. The predicted octanol–water partition coefficient (Wildman–Crippen LogP) is 5.06. The molecule has 0 fully saturated rings. The van der Waals surface area contributed by atoms with E-state index >= 15 is 0 Å². The van der Waals surface area contributed by atoms with E-state index in [1.807, 2.05) is 78.9 Å². The summed E-state index contributed by atoms with van der Waals surface area (Å²) < 4.78 is 0. The van der Waals surface area contributed by atoms with Gasteiger partial charge < -0.3 is 9.97 Å². The maximum atomic E-state index is 13.6. The molecular weight excluding hydrogens is 414 g/mol. The molecule has 6 nitrogen and oxygen atoms in total. The fourth-order valence-corrected chi connectivity index (χ4v) is 4.40. The predicted molar refractivity (Wildman–Crippen MR) is 126 cm³/mol. The third kappa shape index (κ3) is 3.08. The zero-order chi connectivity index (χ0) is 22.4. The van der Waals surface area contributed by atoms with Gasteiger partial charge in [-0.2, -0.15) is 0 Å². The second-order valence-electron chi connectivity index (χ2n) is 7.91. The number of rotatable bonds is 5. The van der Waals surface area contributed by atoms with Crippen molar-refractivity contribution in [3.8, 4) is 0 Å². The van der Waals surface area contributed by atoms with Crippen molar-refractivity contribution in [3.63, 3.8) is 0 Å². The van der Waals surface area contributed by atoms with Gasteiger partial charge in [0.1, 0.15) is 6.61 Å². The SMILES string of the molecule is O=C1C(c2c[nH]c3ccccc23)=C(c2c[nH]c3ccccc23)C(=O)N1OCc1ccccc1. The maximum Gasteiger partial charge on any atom is 0.286 e. The number of fused-ring (bicyclic) bond motifs is 2. The van der Waals surface area contributed by atoms with Crippen LogP contribution in [-0.2, 0) is 21.0 Å². The molecule has 0 unspecified atom stereocenters. The molecular formula is C27H19N3O3. The number of benzene rings is 3. The Morgan fingerprint density at radius 3 is 1.67 bits per heavy atom. The molecule has 0 saturated heterocycles. The second-order valence-corrected chi connectivity index (χ2v) is 7.91. The first-order valence-corrected chi connectivity index (χ1v) is 10.7. The van der Waals surface area contributed by atoms with Gasteiger partial charge in [-0.3, -0.25) is 14.4 Å². The van der Waals surface area contributed by atoms with Crippen LogP contribution in [0.15, 0.2) is 91.3 Å². The fraction of sp³-hybridized carbons (Fsp3) is 0.0370. The van der Waals surface area contributed by atoms with Gasteiger partial charge in [-0.1, -0.05) is 66.7 Å². The van der Waals surface area contributed by atoms with Gasteiger partial charge in [0.2, 0.25) is 0 Å². The Kier molecular flexibility index (Phi) is 4.45. The lowest BCUT2D eigenvalue weighted by atomic mass is 9.95. The summed E-state index contributed by atoms with van der Waals surface area (Å²) in [6.07, 6.45) is 3.56. The minimum atomic E-state index is -0.471. The summed E-state index contributed by atoms with van der Waals surface area (Å²) in [6, 6.07) is 24.9. The molecule has 0 radical (unpaired) electrons. The highest BCUT2D eigenvalue weighted by molar-refractivity contribution is 6.50. The number of carbonyl (C=O) groups excluding carboxylic acids is 2. The highest BCUT2D eigenvalue weighted by atomic mass is 16.7. The van der Waals surface area contributed by atoms with Crippen molar-refractivity contribution in [2.24, 2.45) is 0 Å². The van der Waals surface area contributed by atoms with Gasteiger partial charge in [-0.15, -0.1) is 5.06 Å². The summed E-state index contributed by atoms with van der Waals surface area (Å²) in [4.78, 5) is 39.4. The average molecular weight is 433 g/mol. The Morgan fingerprint density at radius 2 is 1.12 bits per heavy atom. The number of H-pyrrole nitrogens is 2. The van der Waals surface area contributed by atoms with Crippen LogP contribution in [0.4, 0.5) is 0 Å². The Morgan fingerprint density at radius 1 is 0.636 bits per heavy atom. The van der Waals surface area contributed by atoms with Crippen LogP contribution in [0.2, 0.25) is 0 Å². The molecule has 0 atom stereocenters. The standard InChI is InChI=1S/C27H19N3O3/c31-26-24(20-14-28-22-12-6-4-10-18(20)22)25(21-15-29-23-13-7-5-11-19(21)23)27(32)30(26)33-16-17-8-2-1-3-9-17/h1-15,28-29H,16H2. The van der Waals surface area contributed by atoms with Crippen molar-refractivity contribution in [2.45, 2.75) is 6.61 Å². The van der Waals surface area contributed by atoms with E-state index in [4.69, 9.17) is 4.84 Å². The summed E-state index contributed by atoms with van der Waals surface area (Å²) in [5.41, 5.74) is 4.66. The lowest BCUT2D eigenvalue weighted by molar-refractivity contribution is -0.188. The number of aromatic amines is 2. The molecule has 5 aromatic rings. The van der Waals surface area contributed by atoms with E-state index in [0.29, 0.717) is 22.3 Å². The van der Waals surface area contributed by atoms with Crippen molar-refractivity contribution in [2.75, 3.05) is 0 Å². The van der Waals surface area contributed by atoms with Crippen LogP contribution in [0, 0.1) is 0 Å². The number of amides is 2. The van der Waals surface area contributed by atoms with E-state index in [1.165, 1.54) is 0 Å². The summed E-state index contributed by atoms with van der Waals surface area (Å²) in [5, 5.41) is 2.63. The maximum absolute atomic E-state index is 13.6. The molecule has 6 rings (SSSR count). The molecule has 0 spiro atoms. The van der Waals surface area contributed by atoms with E-state index in [0.717, 1.165) is 32.4 Å². The van der Waals surface area contributed by atoms with E-state index in [9.17, 15) is 9.59 Å². The lowest BCUT2D eigenvalue weighted by Crippen LogP contribution is -2.31. The molecule has 1 aliphatic rings. The number of imide groups is 1. The summed E-state index contributed by atoms with van der Waals surface area (Å²) in [7, 11) is 0. The van der Waals surface area contributed by atoms with Gasteiger partial charge in [0, 0.05) is 45.3 Å². The largest absolute Gasteiger partial charge is 0.361 e. The van der Waals surface area contributed by atoms with Gasteiger partial charge >= 0.3 is 0 Å². The number of carbonyl (C=O) groups is 2. The van der Waals surface area contributed by atoms with Gasteiger partial charge in [-0.05, 0) is 17.7 Å². The number of hydrogen-bond acceptors (Lipinski definition) is 3. The number of aromatic nitrogens is 2. The molecule has 2 aromatic heterocycles. The van der Waals surface area contributed by atoms with Crippen LogP contribution >= 0.6 is 0 Å². The van der Waals surface area contributed by atoms with Crippen molar-refractivity contribution in [1.82, 2.24) is 15.0 Å². The van der Waals surface area contributed by atoms with Gasteiger partial charge in [0.05, 0.1) is 11.1 Å². The molecule has 2 N–H and O–H groups in total. The van der Waals surface area contributed by atoms with E-state index in [2.05, 4.69) is 9.97 Å². The van der Waals surface area contributed by atoms with E-state index in [-0.39, 0.29) is 6.61 Å². The summed E-state index contributed by atoms with van der Waals surface area (Å²) in [5.74, 6) is -0.943. The van der Waals surface area contributed by atoms with E-state index < -0.39 is 11.8 Å². The first-order valence-electron chi connectivity index (χ1n) is 10.7. The molecule has 3 aromatic carbocycles. The van der Waals surface area contributed by atoms with Crippen LogP contribution in [0.25, 0.3) is 33.0 Å². The highest BCUT2D eigenvalue weighted by Gasteiger charge is 2.42. The molecule has 2 amide bonds. The van der Waals surface area contributed by atoms with Crippen LogP contribution in [-0.4, -0.2) is 26.8 Å². The second kappa shape index (κ2) is 7.62.